The van der Waals surface area contributed by atoms with Crippen LogP contribution in [0.1, 0.15) is 35.2 Å². The third kappa shape index (κ3) is 5.63. The maximum Gasteiger partial charge on any atom is 0.235 e. The second kappa shape index (κ2) is 11.1. The maximum atomic E-state index is 12.7. The van der Waals surface area contributed by atoms with Crippen molar-refractivity contribution in [3.8, 4) is 11.8 Å². The van der Waals surface area contributed by atoms with Crippen LogP contribution in [0.3, 0.4) is 0 Å². The normalized spacial score (nSPS) is 14.8. The first-order valence-corrected chi connectivity index (χ1v) is 13.0. The minimum Gasteiger partial charge on any atom is -0.486 e. The second-order valence-corrected chi connectivity index (χ2v) is 10.5. The van der Waals surface area contributed by atoms with Crippen LogP contribution < -0.4 is 10.1 Å². The Hall–Kier alpha value is -2.80. The molecule has 0 fully saturated rings. The van der Waals surface area contributed by atoms with Crippen molar-refractivity contribution >= 4 is 45.6 Å². The van der Waals surface area contributed by atoms with Crippen LogP contribution in [0.25, 0.3) is 0 Å². The lowest BCUT2D eigenvalue weighted by Gasteiger charge is -2.17. The number of halogens is 1. The summed E-state index contributed by atoms with van der Waals surface area (Å²) in [6.07, 6.45) is 4.68. The number of benzene rings is 1. The monoisotopic (exact) mass is 513 g/mol. The van der Waals surface area contributed by atoms with Crippen LogP contribution in [-0.2, 0) is 30.8 Å². The van der Waals surface area contributed by atoms with E-state index in [1.54, 1.807) is 30.3 Å². The average Bonchev–Trinajstić information content (AvgIpc) is 3.37. The van der Waals surface area contributed by atoms with Gasteiger partial charge in [-0.05, 0) is 55.0 Å². The Balaban J connectivity index is 1.39. The number of nitrogens with zero attached hydrogens (tertiary/aromatic N) is 4. The van der Waals surface area contributed by atoms with Gasteiger partial charge in [-0.3, -0.25) is 9.36 Å². The number of anilines is 1. The van der Waals surface area contributed by atoms with Crippen molar-refractivity contribution in [1.82, 2.24) is 14.8 Å². The summed E-state index contributed by atoms with van der Waals surface area (Å²) in [6, 6.07) is 9.38. The van der Waals surface area contributed by atoms with Gasteiger partial charge in [-0.15, -0.1) is 28.1 Å². The summed E-state index contributed by atoms with van der Waals surface area (Å²) in [4.78, 5) is 13.9. The number of allylic oxidation sites excluding steroid dienone is 1. The fourth-order valence-corrected chi connectivity index (χ4v) is 6.04. The molecule has 0 saturated heterocycles. The first-order chi connectivity index (χ1) is 16.5. The van der Waals surface area contributed by atoms with Crippen molar-refractivity contribution in [2.24, 2.45) is 5.92 Å². The summed E-state index contributed by atoms with van der Waals surface area (Å²) in [5, 5.41) is 22.9. The number of aromatic nitrogens is 3. The Bertz CT molecular complexity index is 1230. The first kappa shape index (κ1) is 24.3. The van der Waals surface area contributed by atoms with E-state index >= 15 is 0 Å². The highest BCUT2D eigenvalue weighted by molar-refractivity contribution is 7.99. The Labute approximate surface area is 211 Å². The minimum atomic E-state index is -0.180. The van der Waals surface area contributed by atoms with Gasteiger partial charge in [-0.25, -0.2) is 0 Å². The second-order valence-electron chi connectivity index (χ2n) is 8.05. The van der Waals surface area contributed by atoms with Crippen LogP contribution in [0.4, 0.5) is 5.00 Å². The number of hydrogen-bond donors (Lipinski definition) is 1. The van der Waals surface area contributed by atoms with Gasteiger partial charge in [0, 0.05) is 16.4 Å². The van der Waals surface area contributed by atoms with Crippen LogP contribution >= 0.6 is 34.7 Å². The smallest absolute Gasteiger partial charge is 0.235 e. The summed E-state index contributed by atoms with van der Waals surface area (Å²) in [5.41, 5.74) is 1.71. The van der Waals surface area contributed by atoms with Crippen LogP contribution in [0, 0.1) is 17.2 Å². The van der Waals surface area contributed by atoms with Crippen molar-refractivity contribution in [2.75, 3.05) is 11.1 Å². The number of carbonyl (C=O) groups is 1. The standard InChI is InChI=1S/C24H24ClN5O2S2/c1-3-10-30-21(13-32-17-7-5-16(25)6-8-17)28-29-24(30)33-14-22(31)27-23-19(12-26)18-9-4-15(2)11-20(18)34-23/h3,5-8,15H,1,4,9-11,13-14H2,2H3,(H,27,31). The molecule has 3 aromatic rings. The molecule has 1 aliphatic carbocycles. The van der Waals surface area contributed by atoms with Gasteiger partial charge in [0.2, 0.25) is 5.91 Å². The zero-order valence-corrected chi connectivity index (χ0v) is 21.1. The van der Waals surface area contributed by atoms with Gasteiger partial charge in [0.25, 0.3) is 0 Å². The zero-order valence-electron chi connectivity index (χ0n) is 18.7. The predicted molar refractivity (Wildman–Crippen MR) is 136 cm³/mol. The lowest BCUT2D eigenvalue weighted by molar-refractivity contribution is -0.113. The zero-order chi connectivity index (χ0) is 24.1. The third-order valence-corrected chi connectivity index (χ3v) is 7.88. The number of fused-ring (bicyclic) bond motifs is 1. The van der Waals surface area contributed by atoms with Gasteiger partial charge in [-0.1, -0.05) is 36.4 Å². The number of nitrogens with one attached hydrogen (secondary N) is 1. The molecule has 0 radical (unpaired) electrons. The van der Waals surface area contributed by atoms with Gasteiger partial charge in [0.05, 0.1) is 11.3 Å². The Morgan fingerprint density at radius 2 is 2.24 bits per heavy atom. The van der Waals surface area contributed by atoms with E-state index in [0.717, 1.165) is 24.8 Å². The fraction of sp³-hybridized carbons (Fsp3) is 0.333. The molecule has 1 amide bonds. The molecule has 0 saturated carbocycles. The molecule has 7 nitrogen and oxygen atoms in total. The molecule has 1 aromatic carbocycles. The Morgan fingerprint density at radius 1 is 1.44 bits per heavy atom. The number of amides is 1. The average molecular weight is 514 g/mol. The molecule has 1 N–H and O–H groups in total. The van der Waals surface area contributed by atoms with Gasteiger partial charge in [-0.2, -0.15) is 5.26 Å². The molecule has 2 aromatic heterocycles. The summed E-state index contributed by atoms with van der Waals surface area (Å²) in [5.74, 6) is 1.88. The Morgan fingerprint density at radius 3 is 2.97 bits per heavy atom. The molecule has 10 heteroatoms. The maximum absolute atomic E-state index is 12.7. The van der Waals surface area contributed by atoms with Crippen LogP contribution in [-0.4, -0.2) is 26.4 Å². The van der Waals surface area contributed by atoms with E-state index in [2.05, 4.69) is 35.1 Å². The molecule has 0 bridgehead atoms. The van der Waals surface area contributed by atoms with Gasteiger partial charge in [0.15, 0.2) is 11.0 Å². The van der Waals surface area contributed by atoms with Crippen LogP contribution in [0.15, 0.2) is 42.1 Å². The molecular weight excluding hydrogens is 490 g/mol. The van der Waals surface area contributed by atoms with E-state index in [1.807, 2.05) is 4.57 Å². The highest BCUT2D eigenvalue weighted by Crippen LogP contribution is 2.39. The summed E-state index contributed by atoms with van der Waals surface area (Å²) in [7, 11) is 0. The number of hydrogen-bond acceptors (Lipinski definition) is 7. The molecule has 34 heavy (non-hydrogen) atoms. The summed E-state index contributed by atoms with van der Waals surface area (Å²) < 4.78 is 7.66. The van der Waals surface area contributed by atoms with Crippen molar-refractivity contribution in [3.63, 3.8) is 0 Å². The van der Waals surface area contributed by atoms with E-state index in [1.165, 1.54) is 28.0 Å². The molecule has 1 aliphatic rings. The number of carbonyl (C=O) groups excluding carboxylic acids is 1. The van der Waals surface area contributed by atoms with Crippen molar-refractivity contribution in [2.45, 2.75) is 44.5 Å². The molecule has 0 aliphatic heterocycles. The lowest BCUT2D eigenvalue weighted by atomic mass is 9.89. The highest BCUT2D eigenvalue weighted by Gasteiger charge is 2.25. The largest absolute Gasteiger partial charge is 0.486 e. The highest BCUT2D eigenvalue weighted by atomic mass is 35.5. The van der Waals surface area contributed by atoms with Crippen molar-refractivity contribution in [3.05, 3.63) is 63.8 Å². The third-order valence-electron chi connectivity index (χ3n) is 5.50. The van der Waals surface area contributed by atoms with Crippen LogP contribution in [0.2, 0.25) is 5.02 Å². The molecule has 2 heterocycles. The topological polar surface area (TPSA) is 92.8 Å². The Kier molecular flexibility index (Phi) is 7.93. The van der Waals surface area contributed by atoms with Gasteiger partial charge in [0.1, 0.15) is 23.4 Å². The van der Waals surface area contributed by atoms with Gasteiger partial charge < -0.3 is 10.1 Å². The van der Waals surface area contributed by atoms with E-state index in [4.69, 9.17) is 16.3 Å². The predicted octanol–water partition coefficient (Wildman–Crippen LogP) is 5.49. The number of rotatable bonds is 9. The van der Waals surface area contributed by atoms with Crippen molar-refractivity contribution < 1.29 is 9.53 Å². The number of nitriles is 1. The molecule has 0 spiro atoms. The molecule has 1 atom stereocenters. The number of ether oxygens (including phenoxy) is 1. The minimum absolute atomic E-state index is 0.150. The van der Waals surface area contributed by atoms with Gasteiger partial charge >= 0.3 is 0 Å². The molecule has 1 unspecified atom stereocenters. The lowest BCUT2D eigenvalue weighted by Crippen LogP contribution is -2.15. The van der Waals surface area contributed by atoms with E-state index in [9.17, 15) is 10.1 Å². The van der Waals surface area contributed by atoms with E-state index in [0.29, 0.717) is 44.8 Å². The van der Waals surface area contributed by atoms with Crippen molar-refractivity contribution in [1.29, 1.82) is 5.26 Å². The molecule has 176 valence electrons. The van der Waals surface area contributed by atoms with E-state index < -0.39 is 0 Å². The summed E-state index contributed by atoms with van der Waals surface area (Å²) >= 11 is 8.73. The van der Waals surface area contributed by atoms with E-state index in [-0.39, 0.29) is 18.3 Å². The number of thioether (sulfide) groups is 1. The SMILES string of the molecule is C=CCn1c(COc2ccc(Cl)cc2)nnc1SCC(=O)Nc1sc2c(c1C#N)CCC(C)C2. The summed E-state index contributed by atoms with van der Waals surface area (Å²) in [6.45, 7) is 6.74. The van der Waals surface area contributed by atoms with Crippen LogP contribution in [0.5, 0.6) is 5.75 Å². The molecular formula is C24H24ClN5O2S2. The number of thiophene rings is 1. The quantitative estimate of drug-likeness (QED) is 0.300. The first-order valence-electron chi connectivity index (χ1n) is 10.9. The fourth-order valence-electron chi connectivity index (χ4n) is 3.77. The molecule has 4 rings (SSSR count).